The highest BCUT2D eigenvalue weighted by Crippen LogP contribution is 2.39. The maximum absolute atomic E-state index is 12.6. The summed E-state index contributed by atoms with van der Waals surface area (Å²) in [5.41, 5.74) is 1.53. The molecule has 0 radical (unpaired) electrons. The van der Waals surface area contributed by atoms with Crippen molar-refractivity contribution in [2.24, 2.45) is 7.05 Å². The van der Waals surface area contributed by atoms with E-state index in [0.717, 1.165) is 30.6 Å². The van der Waals surface area contributed by atoms with Gasteiger partial charge in [0.2, 0.25) is 5.91 Å². The smallest absolute Gasteiger partial charge is 0.251 e. The Morgan fingerprint density at radius 1 is 1.30 bits per heavy atom. The van der Waals surface area contributed by atoms with Crippen LogP contribution in [0.1, 0.15) is 30.9 Å². The van der Waals surface area contributed by atoms with E-state index in [1.807, 2.05) is 13.2 Å². The largest absolute Gasteiger partial charge is 0.308 e. The summed E-state index contributed by atoms with van der Waals surface area (Å²) in [6.07, 6.45) is 6.45. The molecule has 1 unspecified atom stereocenters. The predicted molar refractivity (Wildman–Crippen MR) is 86.7 cm³/mol. The van der Waals surface area contributed by atoms with Crippen LogP contribution in [0, 0.1) is 0 Å². The number of carbonyl (C=O) groups excluding carboxylic acids is 1. The number of aromatic nitrogens is 4. The number of anilines is 1. The summed E-state index contributed by atoms with van der Waals surface area (Å²) in [6.45, 7) is 0.661. The average molecular weight is 331 g/mol. The summed E-state index contributed by atoms with van der Waals surface area (Å²) in [5, 5.41) is 4.44. The maximum atomic E-state index is 12.6. The van der Waals surface area contributed by atoms with Crippen LogP contribution in [0.25, 0.3) is 0 Å². The molecule has 2 aliphatic rings. The van der Waals surface area contributed by atoms with Crippen LogP contribution in [0.4, 0.5) is 5.69 Å². The van der Waals surface area contributed by atoms with Gasteiger partial charge in [0.1, 0.15) is 0 Å². The molecule has 1 aliphatic heterocycles. The minimum Gasteiger partial charge on any atom is -0.308 e. The summed E-state index contributed by atoms with van der Waals surface area (Å²) < 4.78 is 1.68. The van der Waals surface area contributed by atoms with Gasteiger partial charge in [0, 0.05) is 31.8 Å². The van der Waals surface area contributed by atoms with Gasteiger partial charge in [-0.2, -0.15) is 5.10 Å². The van der Waals surface area contributed by atoms with E-state index in [0.29, 0.717) is 17.6 Å². The van der Waals surface area contributed by atoms with E-state index in [1.54, 1.807) is 21.8 Å². The van der Waals surface area contributed by atoms with E-state index in [-0.39, 0.29) is 16.7 Å². The molecule has 7 nitrogen and oxygen atoms in total. The van der Waals surface area contributed by atoms with E-state index in [9.17, 15) is 9.59 Å². The SMILES string of the molecule is Cn1cc(N2CCC(Sc3nc(C4CC4)cc(=O)[nH]3)C2=O)cn1. The van der Waals surface area contributed by atoms with Gasteiger partial charge in [-0.25, -0.2) is 4.98 Å². The van der Waals surface area contributed by atoms with E-state index in [1.165, 1.54) is 11.8 Å². The molecule has 1 saturated carbocycles. The van der Waals surface area contributed by atoms with E-state index in [4.69, 9.17) is 0 Å². The summed E-state index contributed by atoms with van der Waals surface area (Å²) in [4.78, 5) is 33.4. The van der Waals surface area contributed by atoms with Gasteiger partial charge in [-0.1, -0.05) is 11.8 Å². The lowest BCUT2D eigenvalue weighted by molar-refractivity contribution is -0.116. The van der Waals surface area contributed by atoms with Crippen molar-refractivity contribution < 1.29 is 4.79 Å². The molecular weight excluding hydrogens is 314 g/mol. The lowest BCUT2D eigenvalue weighted by Crippen LogP contribution is -2.28. The second-order valence-corrected chi connectivity index (χ2v) is 7.20. The van der Waals surface area contributed by atoms with Crippen LogP contribution < -0.4 is 10.5 Å². The number of H-pyrrole nitrogens is 1. The zero-order valence-electron chi connectivity index (χ0n) is 12.7. The van der Waals surface area contributed by atoms with Crippen molar-refractivity contribution in [3.8, 4) is 0 Å². The third-order valence-electron chi connectivity index (χ3n) is 4.15. The molecule has 0 bridgehead atoms. The molecule has 2 fully saturated rings. The Morgan fingerprint density at radius 2 is 2.13 bits per heavy atom. The first-order chi connectivity index (χ1) is 11.1. The quantitative estimate of drug-likeness (QED) is 0.853. The Kier molecular flexibility index (Phi) is 3.48. The van der Waals surface area contributed by atoms with Crippen LogP contribution in [0.2, 0.25) is 0 Å². The number of aromatic amines is 1. The summed E-state index contributed by atoms with van der Waals surface area (Å²) in [6, 6.07) is 1.57. The van der Waals surface area contributed by atoms with Gasteiger partial charge in [0.15, 0.2) is 5.16 Å². The first kappa shape index (κ1) is 14.5. The van der Waals surface area contributed by atoms with Crippen LogP contribution in [-0.4, -0.2) is 37.5 Å². The molecule has 1 atom stereocenters. The summed E-state index contributed by atoms with van der Waals surface area (Å²) in [7, 11) is 1.83. The number of hydrogen-bond donors (Lipinski definition) is 1. The summed E-state index contributed by atoms with van der Waals surface area (Å²) in [5.74, 6) is 0.463. The van der Waals surface area contributed by atoms with Crippen molar-refractivity contribution in [3.63, 3.8) is 0 Å². The Balaban J connectivity index is 1.51. The van der Waals surface area contributed by atoms with Crippen molar-refractivity contribution >= 4 is 23.4 Å². The number of carbonyl (C=O) groups is 1. The van der Waals surface area contributed by atoms with Crippen LogP contribution in [0.5, 0.6) is 0 Å². The Bertz CT molecular complexity index is 810. The van der Waals surface area contributed by atoms with Crippen molar-refractivity contribution in [1.29, 1.82) is 0 Å². The van der Waals surface area contributed by atoms with Crippen LogP contribution >= 0.6 is 11.8 Å². The van der Waals surface area contributed by atoms with Crippen LogP contribution in [-0.2, 0) is 11.8 Å². The molecule has 2 aromatic rings. The highest BCUT2D eigenvalue weighted by atomic mass is 32.2. The summed E-state index contributed by atoms with van der Waals surface area (Å²) >= 11 is 1.35. The fourth-order valence-electron chi connectivity index (χ4n) is 2.80. The van der Waals surface area contributed by atoms with Crippen molar-refractivity contribution in [2.75, 3.05) is 11.4 Å². The molecule has 0 spiro atoms. The second kappa shape index (κ2) is 5.52. The molecule has 1 N–H and O–H groups in total. The number of hydrogen-bond acceptors (Lipinski definition) is 5. The number of aryl methyl sites for hydroxylation is 1. The zero-order chi connectivity index (χ0) is 16.0. The van der Waals surface area contributed by atoms with Gasteiger partial charge >= 0.3 is 0 Å². The Labute approximate surface area is 137 Å². The molecule has 3 heterocycles. The normalized spacial score (nSPS) is 21.2. The topological polar surface area (TPSA) is 83.9 Å². The maximum Gasteiger partial charge on any atom is 0.251 e. The number of rotatable bonds is 4. The van der Waals surface area contributed by atoms with Crippen molar-refractivity contribution in [3.05, 3.63) is 34.5 Å². The lowest BCUT2D eigenvalue weighted by Gasteiger charge is -2.13. The van der Waals surface area contributed by atoms with Gasteiger partial charge in [-0.15, -0.1) is 0 Å². The minimum atomic E-state index is -0.215. The fourth-order valence-corrected chi connectivity index (χ4v) is 3.84. The molecule has 1 aliphatic carbocycles. The third-order valence-corrected chi connectivity index (χ3v) is 5.29. The van der Waals surface area contributed by atoms with Gasteiger partial charge in [-0.05, 0) is 19.3 Å². The van der Waals surface area contributed by atoms with Crippen LogP contribution in [0.15, 0.2) is 28.4 Å². The number of nitrogens with zero attached hydrogens (tertiary/aromatic N) is 4. The number of nitrogens with one attached hydrogen (secondary N) is 1. The molecule has 4 rings (SSSR count). The molecule has 8 heteroatoms. The Hall–Kier alpha value is -2.09. The van der Waals surface area contributed by atoms with Gasteiger partial charge in [0.25, 0.3) is 5.56 Å². The van der Waals surface area contributed by atoms with E-state index in [2.05, 4.69) is 15.1 Å². The highest BCUT2D eigenvalue weighted by Gasteiger charge is 2.35. The van der Waals surface area contributed by atoms with Gasteiger partial charge in [-0.3, -0.25) is 14.3 Å². The molecule has 0 aromatic carbocycles. The molecule has 1 amide bonds. The first-order valence-corrected chi connectivity index (χ1v) is 8.56. The predicted octanol–water partition coefficient (Wildman–Crippen LogP) is 1.28. The number of thioether (sulfide) groups is 1. The second-order valence-electron chi connectivity index (χ2n) is 6.01. The highest BCUT2D eigenvalue weighted by molar-refractivity contribution is 8.00. The minimum absolute atomic E-state index is 0.0440. The number of amides is 1. The molecular formula is C15H17N5O2S. The van der Waals surface area contributed by atoms with Gasteiger partial charge in [0.05, 0.1) is 22.8 Å². The average Bonchev–Trinajstić information content (AvgIpc) is 3.19. The third kappa shape index (κ3) is 2.90. The molecule has 120 valence electrons. The standard InChI is InChI=1S/C15H17N5O2S/c1-19-8-10(7-16-19)20-5-4-12(14(20)22)23-15-17-11(9-2-3-9)6-13(21)18-15/h6-9,12H,2-5H2,1H3,(H,17,18,21). The van der Waals surface area contributed by atoms with Crippen molar-refractivity contribution in [1.82, 2.24) is 19.7 Å². The molecule has 2 aromatic heterocycles. The molecule has 23 heavy (non-hydrogen) atoms. The van der Waals surface area contributed by atoms with Crippen LogP contribution in [0.3, 0.4) is 0 Å². The first-order valence-electron chi connectivity index (χ1n) is 7.68. The zero-order valence-corrected chi connectivity index (χ0v) is 13.5. The van der Waals surface area contributed by atoms with E-state index >= 15 is 0 Å². The van der Waals surface area contributed by atoms with Gasteiger partial charge < -0.3 is 9.88 Å². The Morgan fingerprint density at radius 3 is 2.83 bits per heavy atom. The lowest BCUT2D eigenvalue weighted by atomic mass is 10.3. The van der Waals surface area contributed by atoms with Crippen molar-refractivity contribution in [2.45, 2.75) is 35.6 Å². The fraction of sp³-hybridized carbons (Fsp3) is 0.467. The van der Waals surface area contributed by atoms with E-state index < -0.39 is 0 Å². The molecule has 1 saturated heterocycles. The monoisotopic (exact) mass is 331 g/mol.